The highest BCUT2D eigenvalue weighted by Gasteiger charge is 2.23. The summed E-state index contributed by atoms with van der Waals surface area (Å²) in [6.07, 6.45) is 5.51. The van der Waals surface area contributed by atoms with Crippen LogP contribution in [0.4, 0.5) is 11.4 Å². The lowest BCUT2D eigenvalue weighted by atomic mass is 10.00. The van der Waals surface area contributed by atoms with Crippen molar-refractivity contribution in [2.24, 2.45) is 0 Å². The van der Waals surface area contributed by atoms with Crippen LogP contribution in [0.3, 0.4) is 0 Å². The zero-order valence-corrected chi connectivity index (χ0v) is 15.3. The second-order valence-electron chi connectivity index (χ2n) is 6.62. The van der Waals surface area contributed by atoms with Crippen LogP contribution in [0.25, 0.3) is 6.08 Å². The van der Waals surface area contributed by atoms with Crippen LogP contribution in [0.5, 0.6) is 0 Å². The number of hydrogen-bond donors (Lipinski definition) is 1. The summed E-state index contributed by atoms with van der Waals surface area (Å²) in [7, 11) is 0. The van der Waals surface area contributed by atoms with Crippen LogP contribution in [0, 0.1) is 6.92 Å². The highest BCUT2D eigenvalue weighted by Crippen LogP contribution is 2.30. The molecule has 0 unspecified atom stereocenters. The molecule has 2 aromatic carbocycles. The molecule has 1 heterocycles. The minimum atomic E-state index is -0.164. The van der Waals surface area contributed by atoms with E-state index >= 15 is 0 Å². The maximum absolute atomic E-state index is 12.2. The molecule has 2 amide bonds. The number of aryl methyl sites for hydroxylation is 2. The van der Waals surface area contributed by atoms with E-state index in [0.29, 0.717) is 6.42 Å². The Labute approximate surface area is 154 Å². The van der Waals surface area contributed by atoms with E-state index in [1.807, 2.05) is 54.3 Å². The van der Waals surface area contributed by atoms with Crippen LogP contribution in [-0.2, 0) is 16.0 Å². The maximum Gasteiger partial charge on any atom is 0.248 e. The standard InChI is InChI=1S/C22H24N2O2/c1-3-14-24-20-11-10-19(15-18(20)9-13-22(24)26)23-21(25)12-8-17-6-4-16(2)5-7-17/h4-8,10-12,15H,3,9,13-14H2,1-2H3,(H,23,25)/b12-8+. The predicted molar refractivity (Wildman–Crippen MR) is 106 cm³/mol. The van der Waals surface area contributed by atoms with Gasteiger partial charge in [0.2, 0.25) is 11.8 Å². The summed E-state index contributed by atoms with van der Waals surface area (Å²) in [4.78, 5) is 26.1. The third-order valence-corrected chi connectivity index (χ3v) is 4.50. The SMILES string of the molecule is CCCN1C(=O)CCc2cc(NC(=O)/C=C/c3ccc(C)cc3)ccc21. The van der Waals surface area contributed by atoms with E-state index in [-0.39, 0.29) is 11.8 Å². The van der Waals surface area contributed by atoms with Gasteiger partial charge >= 0.3 is 0 Å². The van der Waals surface area contributed by atoms with Gasteiger partial charge in [-0.1, -0.05) is 36.8 Å². The topological polar surface area (TPSA) is 49.4 Å². The summed E-state index contributed by atoms with van der Waals surface area (Å²) in [5.41, 5.74) is 5.02. The normalized spacial score (nSPS) is 13.8. The van der Waals surface area contributed by atoms with Crippen LogP contribution < -0.4 is 10.2 Å². The molecule has 4 nitrogen and oxygen atoms in total. The van der Waals surface area contributed by atoms with Gasteiger partial charge in [0.15, 0.2) is 0 Å². The first-order valence-electron chi connectivity index (χ1n) is 9.06. The molecule has 0 aliphatic carbocycles. The molecule has 134 valence electrons. The zero-order chi connectivity index (χ0) is 18.5. The van der Waals surface area contributed by atoms with E-state index in [9.17, 15) is 9.59 Å². The molecule has 0 saturated heterocycles. The third kappa shape index (κ3) is 4.20. The van der Waals surface area contributed by atoms with Gasteiger partial charge < -0.3 is 10.2 Å². The van der Waals surface area contributed by atoms with Gasteiger partial charge in [-0.05, 0) is 55.2 Å². The van der Waals surface area contributed by atoms with Crippen molar-refractivity contribution in [2.45, 2.75) is 33.1 Å². The molecule has 0 atom stereocenters. The molecule has 1 aliphatic heterocycles. The number of fused-ring (bicyclic) bond motifs is 1. The first-order valence-corrected chi connectivity index (χ1v) is 9.06. The lowest BCUT2D eigenvalue weighted by Gasteiger charge is -2.29. The highest BCUT2D eigenvalue weighted by atomic mass is 16.2. The van der Waals surface area contributed by atoms with Crippen LogP contribution in [0.2, 0.25) is 0 Å². The molecule has 1 aliphatic rings. The molecule has 0 saturated carbocycles. The number of nitrogens with zero attached hydrogens (tertiary/aromatic N) is 1. The lowest BCUT2D eigenvalue weighted by Crippen LogP contribution is -2.35. The Morgan fingerprint density at radius 1 is 1.15 bits per heavy atom. The number of hydrogen-bond acceptors (Lipinski definition) is 2. The van der Waals surface area contributed by atoms with Gasteiger partial charge in [0, 0.05) is 30.4 Å². The van der Waals surface area contributed by atoms with E-state index in [1.165, 1.54) is 11.6 Å². The Morgan fingerprint density at radius 3 is 2.65 bits per heavy atom. The smallest absolute Gasteiger partial charge is 0.248 e. The fourth-order valence-electron chi connectivity index (χ4n) is 3.14. The molecular weight excluding hydrogens is 324 g/mol. The van der Waals surface area contributed by atoms with Crippen LogP contribution in [-0.4, -0.2) is 18.4 Å². The molecule has 26 heavy (non-hydrogen) atoms. The van der Waals surface area contributed by atoms with Gasteiger partial charge in [-0.15, -0.1) is 0 Å². The van der Waals surface area contributed by atoms with Crippen molar-refractivity contribution >= 4 is 29.3 Å². The number of nitrogens with one attached hydrogen (secondary N) is 1. The zero-order valence-electron chi connectivity index (χ0n) is 15.3. The van der Waals surface area contributed by atoms with Crippen molar-refractivity contribution in [3.63, 3.8) is 0 Å². The molecule has 4 heteroatoms. The van der Waals surface area contributed by atoms with Gasteiger partial charge in [0.25, 0.3) is 0 Å². The number of rotatable bonds is 5. The fourth-order valence-corrected chi connectivity index (χ4v) is 3.14. The van der Waals surface area contributed by atoms with E-state index in [1.54, 1.807) is 6.08 Å². The molecule has 1 N–H and O–H groups in total. The molecule has 0 spiro atoms. The Balaban J connectivity index is 1.69. The van der Waals surface area contributed by atoms with E-state index in [2.05, 4.69) is 12.2 Å². The number of carbonyl (C=O) groups excluding carboxylic acids is 2. The third-order valence-electron chi connectivity index (χ3n) is 4.50. The minimum Gasteiger partial charge on any atom is -0.323 e. The lowest BCUT2D eigenvalue weighted by molar-refractivity contribution is -0.119. The van der Waals surface area contributed by atoms with E-state index < -0.39 is 0 Å². The summed E-state index contributed by atoms with van der Waals surface area (Å²) in [5.74, 6) is 0.0139. The van der Waals surface area contributed by atoms with Crippen LogP contribution in [0.1, 0.15) is 36.5 Å². The predicted octanol–water partition coefficient (Wildman–Crippen LogP) is 4.34. The van der Waals surface area contributed by atoms with Gasteiger partial charge in [0.1, 0.15) is 0 Å². The van der Waals surface area contributed by atoms with Crippen LogP contribution in [0.15, 0.2) is 48.5 Å². The summed E-state index contributed by atoms with van der Waals surface area (Å²) in [6.45, 7) is 4.83. The van der Waals surface area contributed by atoms with Gasteiger partial charge in [-0.2, -0.15) is 0 Å². The first-order chi connectivity index (χ1) is 12.6. The monoisotopic (exact) mass is 348 g/mol. The quantitative estimate of drug-likeness (QED) is 0.817. The van der Waals surface area contributed by atoms with Gasteiger partial charge in [0.05, 0.1) is 0 Å². The number of amides is 2. The summed E-state index contributed by atoms with van der Waals surface area (Å²) >= 11 is 0. The molecular formula is C22H24N2O2. The first kappa shape index (κ1) is 17.9. The summed E-state index contributed by atoms with van der Waals surface area (Å²) < 4.78 is 0. The fraction of sp³-hybridized carbons (Fsp3) is 0.273. The number of anilines is 2. The molecule has 0 fully saturated rings. The Morgan fingerprint density at radius 2 is 1.92 bits per heavy atom. The van der Waals surface area contributed by atoms with E-state index in [0.717, 1.165) is 41.9 Å². The Hall–Kier alpha value is -2.88. The van der Waals surface area contributed by atoms with Crippen molar-refractivity contribution in [3.05, 3.63) is 65.2 Å². The second kappa shape index (κ2) is 8.00. The average Bonchev–Trinajstić information content (AvgIpc) is 2.64. The maximum atomic E-state index is 12.2. The van der Waals surface area contributed by atoms with Crippen molar-refractivity contribution in [1.29, 1.82) is 0 Å². The van der Waals surface area contributed by atoms with Crippen molar-refractivity contribution in [1.82, 2.24) is 0 Å². The molecule has 0 aromatic heterocycles. The second-order valence-corrected chi connectivity index (χ2v) is 6.62. The molecule has 0 radical (unpaired) electrons. The number of carbonyl (C=O) groups is 2. The largest absolute Gasteiger partial charge is 0.323 e. The summed E-state index contributed by atoms with van der Waals surface area (Å²) in [6, 6.07) is 13.8. The van der Waals surface area contributed by atoms with Crippen molar-refractivity contribution < 1.29 is 9.59 Å². The van der Waals surface area contributed by atoms with Crippen molar-refractivity contribution in [2.75, 3.05) is 16.8 Å². The van der Waals surface area contributed by atoms with Gasteiger partial charge in [-0.3, -0.25) is 9.59 Å². The molecule has 3 rings (SSSR count). The number of benzene rings is 2. The van der Waals surface area contributed by atoms with Gasteiger partial charge in [-0.25, -0.2) is 0 Å². The van der Waals surface area contributed by atoms with Crippen molar-refractivity contribution in [3.8, 4) is 0 Å². The Bertz CT molecular complexity index is 838. The Kier molecular flexibility index (Phi) is 5.52. The minimum absolute atomic E-state index is 0.164. The van der Waals surface area contributed by atoms with E-state index in [4.69, 9.17) is 0 Å². The molecule has 2 aromatic rings. The van der Waals surface area contributed by atoms with Crippen LogP contribution >= 0.6 is 0 Å². The highest BCUT2D eigenvalue weighted by molar-refractivity contribution is 6.02. The average molecular weight is 348 g/mol. The summed E-state index contributed by atoms with van der Waals surface area (Å²) in [5, 5.41) is 2.90. The molecule has 0 bridgehead atoms.